The third kappa shape index (κ3) is 3.35. The molecule has 1 amide bonds. The van der Waals surface area contributed by atoms with Crippen LogP contribution in [0, 0.1) is 5.92 Å². The van der Waals surface area contributed by atoms with Crippen molar-refractivity contribution in [2.75, 3.05) is 19.6 Å². The summed E-state index contributed by atoms with van der Waals surface area (Å²) in [6, 6.07) is 6.07. The van der Waals surface area contributed by atoms with Crippen LogP contribution in [-0.4, -0.2) is 40.2 Å². The van der Waals surface area contributed by atoms with Crippen LogP contribution in [0.1, 0.15) is 60.9 Å². The van der Waals surface area contributed by atoms with Crippen LogP contribution in [0.2, 0.25) is 0 Å². The quantitative estimate of drug-likeness (QED) is 0.931. The van der Waals surface area contributed by atoms with Gasteiger partial charge in [-0.25, -0.2) is 0 Å². The van der Waals surface area contributed by atoms with Crippen molar-refractivity contribution in [2.45, 2.75) is 44.7 Å². The minimum Gasteiger partial charge on any atom is -0.467 e. The monoisotopic (exact) mass is 342 g/mol. The normalized spacial score (nSPS) is 27.4. The average Bonchev–Trinajstić information content (AvgIpc) is 3.34. The fraction of sp³-hybridized carbons (Fsp3) is 0.579. The van der Waals surface area contributed by atoms with Gasteiger partial charge in [0.2, 0.25) is 0 Å². The molecule has 25 heavy (non-hydrogen) atoms. The summed E-state index contributed by atoms with van der Waals surface area (Å²) in [5, 5.41) is 8.00. The van der Waals surface area contributed by atoms with E-state index in [1.54, 1.807) is 6.26 Å². The van der Waals surface area contributed by atoms with Crippen molar-refractivity contribution in [3.8, 4) is 0 Å². The molecule has 6 nitrogen and oxygen atoms in total. The van der Waals surface area contributed by atoms with E-state index in [1.165, 1.54) is 0 Å². The molecular formula is C19H26N4O2. The number of hydrogen-bond acceptors (Lipinski definition) is 4. The van der Waals surface area contributed by atoms with Gasteiger partial charge in [-0.3, -0.25) is 9.48 Å². The zero-order valence-corrected chi connectivity index (χ0v) is 14.7. The molecule has 4 heterocycles. The van der Waals surface area contributed by atoms with E-state index in [9.17, 15) is 4.79 Å². The maximum atomic E-state index is 13.1. The molecule has 0 aromatic carbocycles. The Morgan fingerprint density at radius 1 is 1.36 bits per heavy atom. The van der Waals surface area contributed by atoms with E-state index in [-0.39, 0.29) is 11.9 Å². The van der Waals surface area contributed by atoms with Crippen molar-refractivity contribution in [2.24, 2.45) is 5.92 Å². The fourth-order valence-corrected chi connectivity index (χ4v) is 4.00. The molecule has 0 bridgehead atoms. The largest absolute Gasteiger partial charge is 0.467 e. The number of nitrogens with zero attached hydrogens (tertiary/aromatic N) is 3. The maximum Gasteiger partial charge on any atom is 0.274 e. The van der Waals surface area contributed by atoms with Crippen molar-refractivity contribution in [1.82, 2.24) is 20.0 Å². The number of aromatic nitrogens is 2. The number of piperidine rings is 2. The Kier molecular flexibility index (Phi) is 4.61. The Bertz CT molecular complexity index is 703. The molecule has 2 aromatic heterocycles. The van der Waals surface area contributed by atoms with Gasteiger partial charge in [0.05, 0.1) is 18.3 Å². The Hall–Kier alpha value is -2.08. The summed E-state index contributed by atoms with van der Waals surface area (Å²) in [6.45, 7) is 4.98. The van der Waals surface area contributed by atoms with E-state index < -0.39 is 0 Å². The minimum absolute atomic E-state index is 0.00717. The molecule has 2 aliphatic rings. The fourth-order valence-electron chi connectivity index (χ4n) is 4.00. The second-order valence-corrected chi connectivity index (χ2v) is 7.34. The van der Waals surface area contributed by atoms with Crippen molar-refractivity contribution in [3.63, 3.8) is 0 Å². The molecule has 4 rings (SSSR count). The van der Waals surface area contributed by atoms with E-state index in [0.717, 1.165) is 51.1 Å². The summed E-state index contributed by atoms with van der Waals surface area (Å²) < 4.78 is 7.56. The van der Waals surface area contributed by atoms with Gasteiger partial charge in [0, 0.05) is 19.3 Å². The van der Waals surface area contributed by atoms with Gasteiger partial charge in [0.15, 0.2) is 0 Å². The van der Waals surface area contributed by atoms with Crippen LogP contribution < -0.4 is 5.32 Å². The highest BCUT2D eigenvalue weighted by atomic mass is 16.3. The first-order valence-electron chi connectivity index (χ1n) is 9.32. The van der Waals surface area contributed by atoms with Crippen LogP contribution >= 0.6 is 0 Å². The van der Waals surface area contributed by atoms with Gasteiger partial charge in [-0.05, 0) is 56.3 Å². The van der Waals surface area contributed by atoms with Crippen molar-refractivity contribution in [3.05, 3.63) is 42.1 Å². The zero-order chi connectivity index (χ0) is 17.2. The van der Waals surface area contributed by atoms with Gasteiger partial charge in [-0.15, -0.1) is 0 Å². The summed E-state index contributed by atoms with van der Waals surface area (Å²) >= 11 is 0. The highest BCUT2D eigenvalue weighted by Gasteiger charge is 2.34. The van der Waals surface area contributed by atoms with Crippen LogP contribution in [0.15, 0.2) is 35.1 Å². The second kappa shape index (κ2) is 7.04. The van der Waals surface area contributed by atoms with E-state index in [4.69, 9.17) is 4.42 Å². The van der Waals surface area contributed by atoms with Crippen LogP contribution in [0.5, 0.6) is 0 Å². The van der Waals surface area contributed by atoms with E-state index in [0.29, 0.717) is 17.7 Å². The average molecular weight is 342 g/mol. The summed E-state index contributed by atoms with van der Waals surface area (Å²) in [5.74, 6) is 1.47. The Labute approximate surface area is 148 Å². The molecule has 2 fully saturated rings. The highest BCUT2D eigenvalue weighted by molar-refractivity contribution is 5.92. The van der Waals surface area contributed by atoms with Crippen LogP contribution in [0.25, 0.3) is 0 Å². The van der Waals surface area contributed by atoms with Gasteiger partial charge in [0.1, 0.15) is 11.5 Å². The minimum atomic E-state index is 0.00717. The summed E-state index contributed by atoms with van der Waals surface area (Å²) in [6.07, 6.45) is 7.85. The van der Waals surface area contributed by atoms with Gasteiger partial charge >= 0.3 is 0 Å². The zero-order valence-electron chi connectivity index (χ0n) is 14.7. The molecule has 2 aliphatic heterocycles. The predicted molar refractivity (Wildman–Crippen MR) is 94.3 cm³/mol. The lowest BCUT2D eigenvalue weighted by Crippen LogP contribution is -2.40. The molecule has 2 saturated heterocycles. The first-order valence-corrected chi connectivity index (χ1v) is 9.32. The van der Waals surface area contributed by atoms with Crippen molar-refractivity contribution in [1.29, 1.82) is 0 Å². The predicted octanol–water partition coefficient (Wildman–Crippen LogP) is 3.01. The number of amides is 1. The molecule has 3 atom stereocenters. The molecule has 1 N–H and O–H groups in total. The first-order chi connectivity index (χ1) is 12.2. The summed E-state index contributed by atoms with van der Waals surface area (Å²) in [5.41, 5.74) is 0.539. The molecular weight excluding hydrogens is 316 g/mol. The molecule has 0 aliphatic carbocycles. The summed E-state index contributed by atoms with van der Waals surface area (Å²) in [7, 11) is 0. The number of hydrogen-bond donors (Lipinski definition) is 1. The molecule has 0 radical (unpaired) electrons. The van der Waals surface area contributed by atoms with E-state index in [2.05, 4.69) is 17.3 Å². The molecule has 0 spiro atoms. The first kappa shape index (κ1) is 16.4. The number of carbonyl (C=O) groups excluding carboxylic acids is 1. The molecule has 0 saturated carbocycles. The van der Waals surface area contributed by atoms with Gasteiger partial charge in [0.25, 0.3) is 5.91 Å². The smallest absolute Gasteiger partial charge is 0.274 e. The lowest BCUT2D eigenvalue weighted by Gasteiger charge is -2.37. The van der Waals surface area contributed by atoms with Crippen molar-refractivity contribution >= 4 is 5.91 Å². The van der Waals surface area contributed by atoms with Crippen LogP contribution in [0.4, 0.5) is 0 Å². The van der Waals surface area contributed by atoms with E-state index >= 15 is 0 Å². The highest BCUT2D eigenvalue weighted by Crippen LogP contribution is 2.35. The van der Waals surface area contributed by atoms with Crippen LogP contribution in [0.3, 0.4) is 0 Å². The standard InChI is InChI=1S/C19H26N4O2/c1-14-6-9-22(17(12-14)18-5-3-11-25-18)19(24)16-7-10-23(21-16)15-4-2-8-20-13-15/h3,5,7,10-11,14-15,17,20H,2,4,6,8-9,12-13H2,1H3. The van der Waals surface area contributed by atoms with Gasteiger partial charge in [-0.2, -0.15) is 5.10 Å². The lowest BCUT2D eigenvalue weighted by molar-refractivity contribution is 0.0513. The number of likely N-dealkylation sites (tertiary alicyclic amines) is 1. The number of rotatable bonds is 3. The Morgan fingerprint density at radius 2 is 2.28 bits per heavy atom. The third-order valence-corrected chi connectivity index (χ3v) is 5.47. The SMILES string of the molecule is CC1CCN(C(=O)c2ccn(C3CCCNC3)n2)C(c2ccco2)C1. The van der Waals surface area contributed by atoms with E-state index in [1.807, 2.05) is 34.0 Å². The van der Waals surface area contributed by atoms with Gasteiger partial charge in [-0.1, -0.05) is 6.92 Å². The second-order valence-electron chi connectivity index (χ2n) is 7.34. The maximum absolute atomic E-state index is 13.1. The lowest BCUT2D eigenvalue weighted by atomic mass is 9.91. The molecule has 6 heteroatoms. The third-order valence-electron chi connectivity index (χ3n) is 5.47. The van der Waals surface area contributed by atoms with Crippen LogP contribution in [-0.2, 0) is 0 Å². The molecule has 134 valence electrons. The molecule has 2 aromatic rings. The van der Waals surface area contributed by atoms with Crippen molar-refractivity contribution < 1.29 is 9.21 Å². The summed E-state index contributed by atoms with van der Waals surface area (Å²) in [4.78, 5) is 15.0. The van der Waals surface area contributed by atoms with Gasteiger partial charge < -0.3 is 14.6 Å². The number of nitrogens with one attached hydrogen (secondary N) is 1. The topological polar surface area (TPSA) is 63.3 Å². The molecule has 3 unspecified atom stereocenters. The number of carbonyl (C=O) groups is 1. The number of furan rings is 1. The Balaban J connectivity index is 1.53. The Morgan fingerprint density at radius 3 is 3.04 bits per heavy atom.